The van der Waals surface area contributed by atoms with Gasteiger partial charge < -0.3 is 4.74 Å². The summed E-state index contributed by atoms with van der Waals surface area (Å²) < 4.78 is 7.46. The van der Waals surface area contributed by atoms with E-state index < -0.39 is 0 Å². The second-order valence-corrected chi connectivity index (χ2v) is 3.47. The van der Waals surface area contributed by atoms with E-state index in [2.05, 4.69) is 40.8 Å². The second-order valence-electron chi connectivity index (χ2n) is 2.75. The summed E-state index contributed by atoms with van der Waals surface area (Å²) in [5.41, 5.74) is 1.28. The highest BCUT2D eigenvalue weighted by Crippen LogP contribution is 2.39. The Balaban J connectivity index is 2.06. The molecule has 0 bridgehead atoms. The summed E-state index contributed by atoms with van der Waals surface area (Å²) in [6.45, 7) is 0. The van der Waals surface area contributed by atoms with Gasteiger partial charge >= 0.3 is 0 Å². The molecule has 2 rings (SSSR count). The third kappa shape index (κ3) is 1.69. The number of benzene rings is 1. The summed E-state index contributed by atoms with van der Waals surface area (Å²) in [4.78, 5) is 0. The van der Waals surface area contributed by atoms with E-state index in [4.69, 9.17) is 4.74 Å². The van der Waals surface area contributed by atoms with Crippen LogP contribution in [-0.4, -0.2) is 6.10 Å². The molecule has 0 aliphatic carbocycles. The van der Waals surface area contributed by atoms with Gasteiger partial charge in [0.2, 0.25) is 0 Å². The van der Waals surface area contributed by atoms with Gasteiger partial charge in [-0.05, 0) is 15.7 Å². The summed E-state index contributed by atoms with van der Waals surface area (Å²) in [6.07, 6.45) is 2.69. The van der Waals surface area contributed by atoms with Crippen LogP contribution in [0.3, 0.4) is 0 Å². The maximum absolute atomic E-state index is 5.45. The molecule has 12 heavy (non-hydrogen) atoms. The lowest BCUT2D eigenvalue weighted by atomic mass is 10.1. The molecular formula is C10H9IO. The number of rotatable bonds is 2. The van der Waals surface area contributed by atoms with Crippen molar-refractivity contribution in [1.82, 2.24) is 0 Å². The molecule has 1 nitrogen and oxygen atoms in total. The number of hydrogen-bond donors (Lipinski definition) is 0. The van der Waals surface area contributed by atoms with Crippen molar-refractivity contribution in [3.05, 3.63) is 46.1 Å². The molecule has 1 fully saturated rings. The van der Waals surface area contributed by atoms with Crippen molar-refractivity contribution in [3.63, 3.8) is 0 Å². The van der Waals surface area contributed by atoms with E-state index >= 15 is 0 Å². The normalized spacial score (nSPS) is 27.8. The third-order valence-corrected chi connectivity index (χ3v) is 2.33. The number of ether oxygens (including phenoxy) is 1. The van der Waals surface area contributed by atoms with Crippen LogP contribution in [0.25, 0.3) is 0 Å². The van der Waals surface area contributed by atoms with Gasteiger partial charge in [-0.25, -0.2) is 0 Å². The summed E-state index contributed by atoms with van der Waals surface area (Å²) in [7, 11) is 0. The van der Waals surface area contributed by atoms with E-state index in [0.717, 1.165) is 0 Å². The molecule has 2 unspecified atom stereocenters. The van der Waals surface area contributed by atoms with Crippen LogP contribution < -0.4 is 0 Å². The average molecular weight is 272 g/mol. The van der Waals surface area contributed by atoms with Gasteiger partial charge in [0, 0.05) is 0 Å². The van der Waals surface area contributed by atoms with E-state index in [1.165, 1.54) is 5.56 Å². The van der Waals surface area contributed by atoms with Gasteiger partial charge in [-0.2, -0.15) is 0 Å². The minimum atomic E-state index is 0.303. The van der Waals surface area contributed by atoms with Crippen LogP contribution in [0.5, 0.6) is 0 Å². The Bertz CT molecular complexity index is 281. The van der Waals surface area contributed by atoms with E-state index in [0.29, 0.717) is 12.2 Å². The fourth-order valence-electron chi connectivity index (χ4n) is 1.25. The van der Waals surface area contributed by atoms with Crippen LogP contribution >= 0.6 is 22.6 Å². The standard InChI is InChI=1S/C10H9IO/c11-7-6-9-10(12-9)8-4-2-1-3-5-8/h1-7,9-10H/b7-6+. The molecular weight excluding hydrogens is 263 g/mol. The first-order chi connectivity index (χ1) is 5.92. The van der Waals surface area contributed by atoms with Crippen molar-refractivity contribution in [2.75, 3.05) is 0 Å². The molecule has 0 radical (unpaired) electrons. The lowest BCUT2D eigenvalue weighted by Crippen LogP contribution is -1.82. The van der Waals surface area contributed by atoms with Crippen molar-refractivity contribution in [2.45, 2.75) is 12.2 Å². The quantitative estimate of drug-likeness (QED) is 0.595. The Hall–Kier alpha value is -0.350. The number of halogens is 1. The van der Waals surface area contributed by atoms with E-state index in [-0.39, 0.29) is 0 Å². The van der Waals surface area contributed by atoms with Crippen molar-refractivity contribution in [1.29, 1.82) is 0 Å². The molecule has 1 aromatic carbocycles. The smallest absolute Gasteiger partial charge is 0.113 e. The highest BCUT2D eigenvalue weighted by atomic mass is 127. The molecule has 0 N–H and O–H groups in total. The predicted octanol–water partition coefficient (Wildman–Crippen LogP) is 3.08. The fraction of sp³-hybridized carbons (Fsp3) is 0.200. The van der Waals surface area contributed by atoms with E-state index in [1.807, 2.05) is 22.3 Å². The molecule has 1 saturated heterocycles. The van der Waals surface area contributed by atoms with Crippen molar-refractivity contribution < 1.29 is 4.74 Å². The molecule has 0 amide bonds. The SMILES string of the molecule is I/C=C/C1OC1c1ccccc1. The highest BCUT2D eigenvalue weighted by molar-refractivity contribution is 14.1. The van der Waals surface area contributed by atoms with Crippen molar-refractivity contribution in [3.8, 4) is 0 Å². The Morgan fingerprint density at radius 3 is 2.67 bits per heavy atom. The van der Waals surface area contributed by atoms with E-state index in [1.54, 1.807) is 0 Å². The molecule has 1 aliphatic heterocycles. The van der Waals surface area contributed by atoms with Crippen LogP contribution in [0.15, 0.2) is 40.5 Å². The van der Waals surface area contributed by atoms with Gasteiger partial charge in [-0.1, -0.05) is 52.9 Å². The molecule has 2 heteroatoms. The summed E-state index contributed by atoms with van der Waals surface area (Å²) in [5, 5.41) is 0. The molecule has 1 heterocycles. The minimum Gasteiger partial charge on any atom is -0.360 e. The van der Waals surface area contributed by atoms with Gasteiger partial charge in [-0.15, -0.1) is 0 Å². The maximum atomic E-state index is 5.45. The Morgan fingerprint density at radius 1 is 1.25 bits per heavy atom. The van der Waals surface area contributed by atoms with Crippen LogP contribution in [0.2, 0.25) is 0 Å². The van der Waals surface area contributed by atoms with Gasteiger partial charge in [0.25, 0.3) is 0 Å². The topological polar surface area (TPSA) is 12.5 Å². The zero-order valence-electron chi connectivity index (χ0n) is 6.48. The molecule has 1 aliphatic rings. The average Bonchev–Trinajstić information content (AvgIpc) is 2.87. The first kappa shape index (κ1) is 8.26. The lowest BCUT2D eigenvalue weighted by molar-refractivity contribution is 0.394. The van der Waals surface area contributed by atoms with Crippen LogP contribution in [0.4, 0.5) is 0 Å². The van der Waals surface area contributed by atoms with Gasteiger partial charge in [0.15, 0.2) is 0 Å². The number of epoxide rings is 1. The highest BCUT2D eigenvalue weighted by Gasteiger charge is 2.37. The number of hydrogen-bond acceptors (Lipinski definition) is 1. The first-order valence-corrected chi connectivity index (χ1v) is 5.13. The second kappa shape index (κ2) is 3.58. The van der Waals surface area contributed by atoms with Gasteiger partial charge in [0.05, 0.1) is 0 Å². The Kier molecular flexibility index (Phi) is 2.46. The third-order valence-electron chi connectivity index (χ3n) is 1.92. The zero-order valence-corrected chi connectivity index (χ0v) is 8.64. The van der Waals surface area contributed by atoms with Crippen LogP contribution in [0, 0.1) is 0 Å². The van der Waals surface area contributed by atoms with Gasteiger partial charge in [-0.3, -0.25) is 0 Å². The summed E-state index contributed by atoms with van der Waals surface area (Å²) >= 11 is 2.21. The Labute approximate surface area is 85.6 Å². The van der Waals surface area contributed by atoms with E-state index in [9.17, 15) is 0 Å². The summed E-state index contributed by atoms with van der Waals surface area (Å²) in [5.74, 6) is 0. The van der Waals surface area contributed by atoms with Gasteiger partial charge in [0.1, 0.15) is 12.2 Å². The predicted molar refractivity (Wildman–Crippen MR) is 57.2 cm³/mol. The molecule has 0 aromatic heterocycles. The lowest BCUT2D eigenvalue weighted by Gasteiger charge is -1.91. The molecule has 2 atom stereocenters. The van der Waals surface area contributed by atoms with Crippen LogP contribution in [0.1, 0.15) is 11.7 Å². The van der Waals surface area contributed by atoms with Crippen molar-refractivity contribution >= 4 is 22.6 Å². The largest absolute Gasteiger partial charge is 0.360 e. The molecule has 62 valence electrons. The fourth-order valence-corrected chi connectivity index (χ4v) is 1.66. The molecule has 0 spiro atoms. The first-order valence-electron chi connectivity index (χ1n) is 3.89. The van der Waals surface area contributed by atoms with Crippen molar-refractivity contribution in [2.24, 2.45) is 0 Å². The monoisotopic (exact) mass is 272 g/mol. The van der Waals surface area contributed by atoms with Crippen LogP contribution in [-0.2, 0) is 4.74 Å². The maximum Gasteiger partial charge on any atom is 0.113 e. The summed E-state index contributed by atoms with van der Waals surface area (Å²) in [6, 6.07) is 10.3. The molecule has 0 saturated carbocycles. The minimum absolute atomic E-state index is 0.303. The molecule has 1 aromatic rings. The Morgan fingerprint density at radius 2 is 2.00 bits per heavy atom. The zero-order chi connectivity index (χ0) is 8.39.